The van der Waals surface area contributed by atoms with Gasteiger partial charge in [-0.1, -0.05) is 35.2 Å². The monoisotopic (exact) mass is 455 g/mol. The Balaban J connectivity index is 1.27. The number of aromatic nitrogens is 2. The van der Waals surface area contributed by atoms with Crippen LogP contribution in [0.5, 0.6) is 0 Å². The molecule has 2 aromatic carbocycles. The van der Waals surface area contributed by atoms with Gasteiger partial charge in [0.2, 0.25) is 11.0 Å². The molecule has 31 heavy (non-hydrogen) atoms. The Morgan fingerprint density at radius 3 is 2.68 bits per heavy atom. The van der Waals surface area contributed by atoms with Crippen molar-refractivity contribution in [3.05, 3.63) is 53.6 Å². The van der Waals surface area contributed by atoms with E-state index in [2.05, 4.69) is 45.6 Å². The van der Waals surface area contributed by atoms with Crippen LogP contribution in [0.3, 0.4) is 0 Å². The first kappa shape index (κ1) is 21.6. The molecule has 0 saturated carbocycles. The molecular formula is C22H25N5O2S2. The van der Waals surface area contributed by atoms with Gasteiger partial charge in [0.15, 0.2) is 4.34 Å². The first-order chi connectivity index (χ1) is 15.1. The van der Waals surface area contributed by atoms with Crippen LogP contribution in [0.25, 0.3) is 0 Å². The molecule has 1 saturated heterocycles. The number of carbonyl (C=O) groups is 1. The molecule has 2 heterocycles. The number of ether oxygens (including phenoxy) is 1. The summed E-state index contributed by atoms with van der Waals surface area (Å²) in [5.74, 6) is 0.215. The predicted molar refractivity (Wildman–Crippen MR) is 128 cm³/mol. The van der Waals surface area contributed by atoms with Gasteiger partial charge in [-0.2, -0.15) is 0 Å². The molecule has 162 valence electrons. The zero-order valence-corrected chi connectivity index (χ0v) is 19.2. The molecule has 0 bridgehead atoms. The Kier molecular flexibility index (Phi) is 7.06. The van der Waals surface area contributed by atoms with E-state index in [-0.39, 0.29) is 11.7 Å². The summed E-state index contributed by atoms with van der Waals surface area (Å²) in [6.45, 7) is 7.45. The number of benzene rings is 2. The Bertz CT molecular complexity index is 1030. The highest BCUT2D eigenvalue weighted by atomic mass is 32.2. The highest BCUT2D eigenvalue weighted by Gasteiger charge is 2.12. The SMILES string of the molecule is Cc1cccc(Nc2nnc(SCC(=O)Nc3ccc(N4CCOCC4)cc3)s2)c1C. The van der Waals surface area contributed by atoms with Crippen molar-refractivity contribution in [1.29, 1.82) is 0 Å². The second-order valence-corrected chi connectivity index (χ2v) is 9.43. The van der Waals surface area contributed by atoms with Crippen LogP contribution in [-0.4, -0.2) is 48.2 Å². The van der Waals surface area contributed by atoms with Crippen molar-refractivity contribution in [2.45, 2.75) is 18.2 Å². The lowest BCUT2D eigenvalue weighted by Gasteiger charge is -2.28. The molecule has 1 aromatic heterocycles. The molecule has 4 rings (SSSR count). The second kappa shape index (κ2) is 10.1. The maximum absolute atomic E-state index is 12.3. The Morgan fingerprint density at radius 2 is 1.90 bits per heavy atom. The number of anilines is 4. The van der Waals surface area contributed by atoms with E-state index in [1.54, 1.807) is 0 Å². The minimum absolute atomic E-state index is 0.0663. The number of hydrogen-bond donors (Lipinski definition) is 2. The van der Waals surface area contributed by atoms with E-state index in [1.165, 1.54) is 34.2 Å². The van der Waals surface area contributed by atoms with Crippen molar-refractivity contribution in [2.24, 2.45) is 0 Å². The van der Waals surface area contributed by atoms with Crippen LogP contribution in [0.15, 0.2) is 46.8 Å². The van der Waals surface area contributed by atoms with Crippen LogP contribution in [0.1, 0.15) is 11.1 Å². The molecular weight excluding hydrogens is 430 g/mol. The average molecular weight is 456 g/mol. The van der Waals surface area contributed by atoms with Gasteiger partial charge in [-0.3, -0.25) is 4.79 Å². The second-order valence-electron chi connectivity index (χ2n) is 7.23. The van der Waals surface area contributed by atoms with Crippen LogP contribution in [0, 0.1) is 13.8 Å². The van der Waals surface area contributed by atoms with Crippen molar-refractivity contribution in [3.63, 3.8) is 0 Å². The number of nitrogens with zero attached hydrogens (tertiary/aromatic N) is 3. The number of morpholine rings is 1. The van der Waals surface area contributed by atoms with Crippen molar-refractivity contribution < 1.29 is 9.53 Å². The van der Waals surface area contributed by atoms with Gasteiger partial charge in [-0.05, 0) is 55.3 Å². The van der Waals surface area contributed by atoms with E-state index < -0.39 is 0 Å². The van der Waals surface area contributed by atoms with E-state index >= 15 is 0 Å². The molecule has 1 aliphatic rings. The number of carbonyl (C=O) groups excluding carboxylic acids is 1. The first-order valence-electron chi connectivity index (χ1n) is 10.1. The summed E-state index contributed by atoms with van der Waals surface area (Å²) in [4.78, 5) is 14.6. The van der Waals surface area contributed by atoms with Gasteiger partial charge < -0.3 is 20.3 Å². The largest absolute Gasteiger partial charge is 0.378 e. The molecule has 1 fully saturated rings. The minimum atomic E-state index is -0.0663. The lowest BCUT2D eigenvalue weighted by molar-refractivity contribution is -0.113. The quantitative estimate of drug-likeness (QED) is 0.509. The van der Waals surface area contributed by atoms with Crippen LogP contribution in [0.4, 0.5) is 22.2 Å². The Hall–Kier alpha value is -2.62. The molecule has 1 amide bonds. The molecule has 7 nitrogen and oxygen atoms in total. The van der Waals surface area contributed by atoms with Gasteiger partial charge in [-0.25, -0.2) is 0 Å². The van der Waals surface area contributed by atoms with Gasteiger partial charge in [-0.15, -0.1) is 10.2 Å². The fourth-order valence-corrected chi connectivity index (χ4v) is 4.79. The summed E-state index contributed by atoms with van der Waals surface area (Å²) in [5, 5.41) is 15.3. The number of hydrogen-bond acceptors (Lipinski definition) is 8. The first-order valence-corrected chi connectivity index (χ1v) is 11.9. The lowest BCUT2D eigenvalue weighted by Crippen LogP contribution is -2.36. The number of amides is 1. The van der Waals surface area contributed by atoms with Gasteiger partial charge >= 0.3 is 0 Å². The van der Waals surface area contributed by atoms with Crippen molar-refractivity contribution >= 4 is 51.2 Å². The van der Waals surface area contributed by atoms with E-state index in [0.29, 0.717) is 0 Å². The van der Waals surface area contributed by atoms with Crippen LogP contribution >= 0.6 is 23.1 Å². The summed E-state index contributed by atoms with van der Waals surface area (Å²) in [7, 11) is 0. The molecule has 0 aliphatic carbocycles. The van der Waals surface area contributed by atoms with E-state index in [4.69, 9.17) is 4.74 Å². The summed E-state index contributed by atoms with van der Waals surface area (Å²) >= 11 is 2.83. The number of aryl methyl sites for hydroxylation is 1. The highest BCUT2D eigenvalue weighted by Crippen LogP contribution is 2.29. The topological polar surface area (TPSA) is 79.4 Å². The maximum atomic E-state index is 12.3. The third-order valence-electron chi connectivity index (χ3n) is 5.11. The maximum Gasteiger partial charge on any atom is 0.234 e. The van der Waals surface area contributed by atoms with E-state index in [9.17, 15) is 4.79 Å². The molecule has 0 spiro atoms. The Labute approximate surface area is 190 Å². The van der Waals surface area contributed by atoms with Crippen LogP contribution in [-0.2, 0) is 9.53 Å². The molecule has 3 aromatic rings. The minimum Gasteiger partial charge on any atom is -0.378 e. The Morgan fingerprint density at radius 1 is 1.13 bits per heavy atom. The third-order valence-corrected chi connectivity index (χ3v) is 7.08. The van der Waals surface area contributed by atoms with Gasteiger partial charge in [0.1, 0.15) is 0 Å². The third kappa shape index (κ3) is 5.75. The summed E-state index contributed by atoms with van der Waals surface area (Å²) in [5.41, 5.74) is 5.36. The summed E-state index contributed by atoms with van der Waals surface area (Å²) < 4.78 is 6.14. The average Bonchev–Trinajstić information content (AvgIpc) is 3.24. The zero-order chi connectivity index (χ0) is 21.6. The van der Waals surface area contributed by atoms with Gasteiger partial charge in [0.25, 0.3) is 0 Å². The molecule has 0 unspecified atom stereocenters. The normalized spacial score (nSPS) is 13.8. The van der Waals surface area contributed by atoms with E-state index in [0.717, 1.165) is 52.8 Å². The zero-order valence-electron chi connectivity index (χ0n) is 17.6. The number of rotatable bonds is 7. The van der Waals surface area contributed by atoms with E-state index in [1.807, 2.05) is 36.4 Å². The molecule has 2 N–H and O–H groups in total. The highest BCUT2D eigenvalue weighted by molar-refractivity contribution is 8.01. The van der Waals surface area contributed by atoms with Crippen molar-refractivity contribution in [3.8, 4) is 0 Å². The van der Waals surface area contributed by atoms with Crippen molar-refractivity contribution in [1.82, 2.24) is 10.2 Å². The number of nitrogens with one attached hydrogen (secondary N) is 2. The summed E-state index contributed by atoms with van der Waals surface area (Å²) in [6.07, 6.45) is 0. The van der Waals surface area contributed by atoms with Crippen LogP contribution < -0.4 is 15.5 Å². The van der Waals surface area contributed by atoms with Gasteiger partial charge in [0.05, 0.1) is 19.0 Å². The molecule has 0 radical (unpaired) electrons. The fraction of sp³-hybridized carbons (Fsp3) is 0.318. The lowest BCUT2D eigenvalue weighted by atomic mass is 10.1. The summed E-state index contributed by atoms with van der Waals surface area (Å²) in [6, 6.07) is 14.0. The van der Waals surface area contributed by atoms with Crippen molar-refractivity contribution in [2.75, 3.05) is 47.6 Å². The van der Waals surface area contributed by atoms with Gasteiger partial charge in [0, 0.05) is 30.2 Å². The predicted octanol–water partition coefficient (Wildman–Crippen LogP) is 4.47. The number of thioether (sulfide) groups is 1. The molecule has 1 aliphatic heterocycles. The molecule has 0 atom stereocenters. The smallest absolute Gasteiger partial charge is 0.234 e. The fourth-order valence-electron chi connectivity index (χ4n) is 3.22. The molecule has 9 heteroatoms. The van der Waals surface area contributed by atoms with Crippen LogP contribution in [0.2, 0.25) is 0 Å². The standard InChI is InChI=1S/C22H25N5O2S2/c1-15-4-3-5-19(16(15)2)24-21-25-26-22(31-21)30-14-20(28)23-17-6-8-18(9-7-17)27-10-12-29-13-11-27/h3-9H,10-14H2,1-2H3,(H,23,28)(H,24,25).